The van der Waals surface area contributed by atoms with Crippen LogP contribution in [0.3, 0.4) is 0 Å². The van der Waals surface area contributed by atoms with Crippen molar-refractivity contribution >= 4 is 15.9 Å². The van der Waals surface area contributed by atoms with Gasteiger partial charge in [-0.3, -0.25) is 0 Å². The Morgan fingerprint density at radius 2 is 2.55 bits per heavy atom. The molecule has 0 saturated carbocycles. The van der Waals surface area contributed by atoms with Crippen LogP contribution >= 0.6 is 15.9 Å². The Hall–Kier alpha value is 0.140. The third-order valence-electron chi connectivity index (χ3n) is 1.73. The van der Waals surface area contributed by atoms with E-state index >= 15 is 0 Å². The lowest BCUT2D eigenvalue weighted by atomic mass is 10.2. The Bertz CT molecular complexity index is 130. The molecule has 0 N–H and O–H groups in total. The van der Waals surface area contributed by atoms with E-state index in [-0.39, 0.29) is 5.79 Å². The molecule has 1 fully saturated rings. The SMILES string of the molecule is C=CCO[C@]1(CBr)CCCO1. The summed E-state index contributed by atoms with van der Waals surface area (Å²) in [7, 11) is 0. The van der Waals surface area contributed by atoms with Gasteiger partial charge in [0, 0.05) is 6.42 Å². The molecule has 0 spiro atoms. The summed E-state index contributed by atoms with van der Waals surface area (Å²) in [5.74, 6) is -0.367. The van der Waals surface area contributed by atoms with E-state index in [0.717, 1.165) is 24.8 Å². The number of halogens is 1. The quantitative estimate of drug-likeness (QED) is 0.534. The molecule has 2 nitrogen and oxygen atoms in total. The van der Waals surface area contributed by atoms with Gasteiger partial charge in [-0.15, -0.1) is 6.58 Å². The van der Waals surface area contributed by atoms with Crippen molar-refractivity contribution in [2.45, 2.75) is 18.6 Å². The third-order valence-corrected chi connectivity index (χ3v) is 2.59. The van der Waals surface area contributed by atoms with Crippen LogP contribution in [0.25, 0.3) is 0 Å². The monoisotopic (exact) mass is 220 g/mol. The minimum atomic E-state index is -0.367. The summed E-state index contributed by atoms with van der Waals surface area (Å²) in [6, 6.07) is 0. The minimum Gasteiger partial charge on any atom is -0.349 e. The first kappa shape index (κ1) is 9.23. The Morgan fingerprint density at radius 3 is 3.00 bits per heavy atom. The molecule has 0 amide bonds. The Morgan fingerprint density at radius 1 is 1.73 bits per heavy atom. The normalized spacial score (nSPS) is 30.6. The predicted octanol–water partition coefficient (Wildman–Crippen LogP) is 2.09. The molecule has 11 heavy (non-hydrogen) atoms. The summed E-state index contributed by atoms with van der Waals surface area (Å²) in [6.45, 7) is 4.96. The molecule has 0 aromatic carbocycles. The topological polar surface area (TPSA) is 18.5 Å². The van der Waals surface area contributed by atoms with Crippen LogP contribution in [0.1, 0.15) is 12.8 Å². The Labute approximate surface area is 75.7 Å². The molecule has 1 atom stereocenters. The summed E-state index contributed by atoms with van der Waals surface area (Å²) >= 11 is 3.38. The highest BCUT2D eigenvalue weighted by molar-refractivity contribution is 9.09. The van der Waals surface area contributed by atoms with Gasteiger partial charge in [-0.25, -0.2) is 0 Å². The van der Waals surface area contributed by atoms with Crippen molar-refractivity contribution in [2.24, 2.45) is 0 Å². The number of hydrogen-bond acceptors (Lipinski definition) is 2. The van der Waals surface area contributed by atoms with Gasteiger partial charge in [0.1, 0.15) is 0 Å². The van der Waals surface area contributed by atoms with Crippen molar-refractivity contribution in [2.75, 3.05) is 18.5 Å². The molecule has 0 aromatic heterocycles. The summed E-state index contributed by atoms with van der Waals surface area (Å²) in [6.07, 6.45) is 3.81. The van der Waals surface area contributed by atoms with Gasteiger partial charge < -0.3 is 9.47 Å². The smallest absolute Gasteiger partial charge is 0.178 e. The molecule has 1 heterocycles. The fourth-order valence-electron chi connectivity index (χ4n) is 1.14. The summed E-state index contributed by atoms with van der Waals surface area (Å²) in [5.41, 5.74) is 0. The largest absolute Gasteiger partial charge is 0.349 e. The molecule has 64 valence electrons. The van der Waals surface area contributed by atoms with Crippen LogP contribution in [0.15, 0.2) is 12.7 Å². The highest BCUT2D eigenvalue weighted by atomic mass is 79.9. The van der Waals surface area contributed by atoms with Gasteiger partial charge in [-0.2, -0.15) is 0 Å². The first-order valence-electron chi connectivity index (χ1n) is 3.78. The number of ether oxygens (including phenoxy) is 2. The fourth-order valence-corrected chi connectivity index (χ4v) is 1.74. The zero-order valence-electron chi connectivity index (χ0n) is 6.51. The standard InChI is InChI=1S/C8H13BrO2/c1-2-5-10-8(7-9)4-3-6-11-8/h2H,1,3-7H2/t8-/m1/s1. The summed E-state index contributed by atoms with van der Waals surface area (Å²) in [5, 5.41) is 0.744. The van der Waals surface area contributed by atoms with Gasteiger partial charge in [0.15, 0.2) is 5.79 Å². The summed E-state index contributed by atoms with van der Waals surface area (Å²) in [4.78, 5) is 0. The second kappa shape index (κ2) is 4.24. The third kappa shape index (κ3) is 2.29. The molecule has 1 aliphatic heterocycles. The van der Waals surface area contributed by atoms with Crippen molar-refractivity contribution in [1.82, 2.24) is 0 Å². The molecule has 0 radical (unpaired) electrons. The zero-order chi connectivity index (χ0) is 8.16. The van der Waals surface area contributed by atoms with Crippen molar-refractivity contribution in [3.8, 4) is 0 Å². The van der Waals surface area contributed by atoms with Gasteiger partial charge in [-0.05, 0) is 6.42 Å². The second-order valence-corrected chi connectivity index (χ2v) is 3.16. The van der Waals surface area contributed by atoms with E-state index in [1.165, 1.54) is 0 Å². The van der Waals surface area contributed by atoms with E-state index < -0.39 is 0 Å². The molecule has 3 heteroatoms. The van der Waals surface area contributed by atoms with Crippen molar-refractivity contribution in [1.29, 1.82) is 0 Å². The summed E-state index contributed by atoms with van der Waals surface area (Å²) < 4.78 is 11.0. The molecule has 0 unspecified atom stereocenters. The van der Waals surface area contributed by atoms with E-state index in [1.54, 1.807) is 6.08 Å². The predicted molar refractivity (Wildman–Crippen MR) is 47.9 cm³/mol. The van der Waals surface area contributed by atoms with E-state index in [0.29, 0.717) is 6.61 Å². The van der Waals surface area contributed by atoms with Crippen LogP contribution in [0.5, 0.6) is 0 Å². The molecule has 0 aromatic rings. The number of alkyl halides is 1. The van der Waals surface area contributed by atoms with Crippen LogP contribution in [0, 0.1) is 0 Å². The molecule has 0 aliphatic carbocycles. The lowest BCUT2D eigenvalue weighted by Crippen LogP contribution is -2.33. The van der Waals surface area contributed by atoms with E-state index in [1.807, 2.05) is 0 Å². The zero-order valence-corrected chi connectivity index (χ0v) is 8.10. The van der Waals surface area contributed by atoms with Crippen molar-refractivity contribution in [3.05, 3.63) is 12.7 Å². The van der Waals surface area contributed by atoms with Crippen molar-refractivity contribution in [3.63, 3.8) is 0 Å². The maximum atomic E-state index is 5.50. The maximum Gasteiger partial charge on any atom is 0.178 e. The van der Waals surface area contributed by atoms with E-state index in [9.17, 15) is 0 Å². The maximum absolute atomic E-state index is 5.50. The minimum absolute atomic E-state index is 0.367. The van der Waals surface area contributed by atoms with Crippen molar-refractivity contribution < 1.29 is 9.47 Å². The first-order chi connectivity index (χ1) is 5.33. The van der Waals surface area contributed by atoms with Gasteiger partial charge in [0.2, 0.25) is 0 Å². The average Bonchev–Trinajstić information content (AvgIpc) is 2.50. The van der Waals surface area contributed by atoms with E-state index in [4.69, 9.17) is 9.47 Å². The lowest BCUT2D eigenvalue weighted by molar-refractivity contribution is -0.185. The van der Waals surface area contributed by atoms with E-state index in [2.05, 4.69) is 22.5 Å². The second-order valence-electron chi connectivity index (χ2n) is 2.60. The van der Waals surface area contributed by atoms with Gasteiger partial charge in [0.25, 0.3) is 0 Å². The Kier molecular flexibility index (Phi) is 3.55. The average molecular weight is 221 g/mol. The highest BCUT2D eigenvalue weighted by Gasteiger charge is 2.34. The molecular formula is C8H13BrO2. The molecule has 1 saturated heterocycles. The van der Waals surface area contributed by atoms with Crippen LogP contribution in [0.4, 0.5) is 0 Å². The number of rotatable bonds is 4. The number of hydrogen-bond donors (Lipinski definition) is 0. The molecule has 1 rings (SSSR count). The molecule has 0 bridgehead atoms. The fraction of sp³-hybridized carbons (Fsp3) is 0.750. The van der Waals surface area contributed by atoms with Crippen LogP contribution < -0.4 is 0 Å². The van der Waals surface area contributed by atoms with Crippen LogP contribution in [0.2, 0.25) is 0 Å². The van der Waals surface area contributed by atoms with Gasteiger partial charge >= 0.3 is 0 Å². The van der Waals surface area contributed by atoms with Crippen LogP contribution in [-0.4, -0.2) is 24.3 Å². The van der Waals surface area contributed by atoms with Gasteiger partial charge in [0.05, 0.1) is 18.5 Å². The lowest BCUT2D eigenvalue weighted by Gasteiger charge is -2.25. The molecule has 1 aliphatic rings. The molecular weight excluding hydrogens is 208 g/mol. The Balaban J connectivity index is 2.38. The highest BCUT2D eigenvalue weighted by Crippen LogP contribution is 2.28. The van der Waals surface area contributed by atoms with Gasteiger partial charge in [-0.1, -0.05) is 22.0 Å². The van der Waals surface area contributed by atoms with Crippen LogP contribution in [-0.2, 0) is 9.47 Å². The first-order valence-corrected chi connectivity index (χ1v) is 4.90.